The molecule has 5 nitrogen and oxygen atoms in total. The standard InChI is InChI=1S/C22H26FIN2O3/c1-15(26-28)20(22(2,27)21(23)24)25-13-5-6-16-9-11-17(12-10-16)18-7-4-8-19(14-18)29-3/h4-12,14,20-21,25-28H,1,13H2,2-3H3/b6-5+. The molecule has 4 N–H and O–H groups in total. The van der Waals surface area contributed by atoms with Crippen molar-refractivity contribution in [2.24, 2.45) is 0 Å². The van der Waals surface area contributed by atoms with E-state index in [-0.39, 0.29) is 5.70 Å². The molecule has 0 aliphatic rings. The molecule has 0 saturated heterocycles. The molecule has 0 aliphatic carbocycles. The summed E-state index contributed by atoms with van der Waals surface area (Å²) < 4.78 is 17.5. The lowest BCUT2D eigenvalue weighted by Crippen LogP contribution is -2.55. The fourth-order valence-electron chi connectivity index (χ4n) is 2.84. The number of hydroxylamine groups is 1. The van der Waals surface area contributed by atoms with Crippen molar-refractivity contribution >= 4 is 28.7 Å². The summed E-state index contributed by atoms with van der Waals surface area (Å²) in [5.74, 6) is 0.809. The first-order chi connectivity index (χ1) is 13.8. The van der Waals surface area contributed by atoms with Gasteiger partial charge in [0.25, 0.3) is 0 Å². The van der Waals surface area contributed by atoms with Gasteiger partial charge in [-0.1, -0.05) is 55.1 Å². The van der Waals surface area contributed by atoms with Gasteiger partial charge in [0, 0.05) is 6.54 Å². The maximum atomic E-state index is 13.7. The Kier molecular flexibility index (Phi) is 8.63. The molecule has 0 radical (unpaired) electrons. The highest BCUT2D eigenvalue weighted by Gasteiger charge is 2.40. The highest BCUT2D eigenvalue weighted by Crippen LogP contribution is 2.26. The first-order valence-electron chi connectivity index (χ1n) is 9.03. The van der Waals surface area contributed by atoms with Crippen molar-refractivity contribution in [2.45, 2.75) is 22.7 Å². The fourth-order valence-corrected chi connectivity index (χ4v) is 3.20. The molecule has 156 valence electrons. The van der Waals surface area contributed by atoms with Gasteiger partial charge in [0.2, 0.25) is 0 Å². The Morgan fingerprint density at radius 2 is 1.97 bits per heavy atom. The van der Waals surface area contributed by atoms with Crippen LogP contribution in [-0.4, -0.2) is 39.8 Å². The number of methoxy groups -OCH3 is 1. The molecule has 0 saturated carbocycles. The van der Waals surface area contributed by atoms with Crippen LogP contribution in [0.5, 0.6) is 5.75 Å². The van der Waals surface area contributed by atoms with Gasteiger partial charge in [0.05, 0.1) is 18.8 Å². The Morgan fingerprint density at radius 1 is 1.28 bits per heavy atom. The molecule has 0 bridgehead atoms. The number of hydrogen-bond donors (Lipinski definition) is 4. The van der Waals surface area contributed by atoms with Crippen LogP contribution in [0, 0.1) is 0 Å². The lowest BCUT2D eigenvalue weighted by molar-refractivity contribution is -0.00618. The molecule has 0 fully saturated rings. The minimum absolute atomic E-state index is 0.0883. The summed E-state index contributed by atoms with van der Waals surface area (Å²) in [6.45, 7) is 5.33. The Bertz CT molecular complexity index is 838. The molecular formula is C22H26FIN2O3. The monoisotopic (exact) mass is 512 g/mol. The first-order valence-corrected chi connectivity index (χ1v) is 10.3. The summed E-state index contributed by atoms with van der Waals surface area (Å²) >= 11 is 1.50. The first kappa shape index (κ1) is 23.3. The van der Waals surface area contributed by atoms with Crippen molar-refractivity contribution in [1.29, 1.82) is 0 Å². The zero-order chi connectivity index (χ0) is 21.4. The Hall–Kier alpha value is -1.94. The number of ether oxygens (including phenoxy) is 1. The molecule has 3 unspecified atom stereocenters. The summed E-state index contributed by atoms with van der Waals surface area (Å²) in [5, 5.41) is 22.4. The smallest absolute Gasteiger partial charge is 0.181 e. The molecule has 7 heteroatoms. The van der Waals surface area contributed by atoms with Gasteiger partial charge >= 0.3 is 0 Å². The van der Waals surface area contributed by atoms with Gasteiger partial charge in [-0.3, -0.25) is 10.7 Å². The molecule has 0 aliphatic heterocycles. The van der Waals surface area contributed by atoms with Gasteiger partial charge in [-0.25, -0.2) is 4.39 Å². The third-order valence-electron chi connectivity index (χ3n) is 4.58. The molecule has 0 heterocycles. The van der Waals surface area contributed by atoms with Crippen molar-refractivity contribution in [3.05, 3.63) is 72.4 Å². The van der Waals surface area contributed by atoms with Gasteiger partial charge in [0.15, 0.2) is 4.18 Å². The minimum Gasteiger partial charge on any atom is -0.497 e. The molecular weight excluding hydrogens is 486 g/mol. The number of alkyl halides is 2. The topological polar surface area (TPSA) is 73.8 Å². The zero-order valence-corrected chi connectivity index (χ0v) is 18.6. The molecule has 3 atom stereocenters. The quantitative estimate of drug-likeness (QED) is 0.217. The summed E-state index contributed by atoms with van der Waals surface area (Å²) in [6, 6.07) is 15.0. The molecule has 2 aromatic rings. The van der Waals surface area contributed by atoms with Gasteiger partial charge in [-0.05, 0) is 58.3 Å². The molecule has 0 spiro atoms. The fraction of sp³-hybridized carbons (Fsp3) is 0.273. The van der Waals surface area contributed by atoms with Gasteiger partial charge in [-0.15, -0.1) is 0 Å². The lowest BCUT2D eigenvalue weighted by Gasteiger charge is -2.34. The van der Waals surface area contributed by atoms with Gasteiger partial charge in [0.1, 0.15) is 11.4 Å². The molecule has 2 rings (SSSR count). The largest absolute Gasteiger partial charge is 0.497 e. The van der Waals surface area contributed by atoms with Crippen molar-refractivity contribution in [3.63, 3.8) is 0 Å². The third-order valence-corrected chi connectivity index (χ3v) is 5.84. The second-order valence-corrected chi connectivity index (χ2v) is 7.85. The minimum atomic E-state index is -1.74. The number of halogens is 2. The number of benzene rings is 2. The van der Waals surface area contributed by atoms with Crippen molar-refractivity contribution < 1.29 is 19.4 Å². The van der Waals surface area contributed by atoms with E-state index in [1.54, 1.807) is 7.11 Å². The second kappa shape index (κ2) is 10.7. The Labute approximate surface area is 184 Å². The molecule has 0 aromatic heterocycles. The van der Waals surface area contributed by atoms with Gasteiger partial charge in [-0.2, -0.15) is 0 Å². The molecule has 0 amide bonds. The van der Waals surface area contributed by atoms with Crippen molar-refractivity contribution in [3.8, 4) is 16.9 Å². The predicted molar refractivity (Wildman–Crippen MR) is 123 cm³/mol. The zero-order valence-electron chi connectivity index (χ0n) is 16.4. The van der Waals surface area contributed by atoms with E-state index in [0.29, 0.717) is 6.54 Å². The molecule has 2 aromatic carbocycles. The SMILES string of the molecule is C=C(NO)C(NC/C=C/c1ccc(-c2cccc(OC)c2)cc1)C(C)(O)C(F)I. The number of hydrogen-bond acceptors (Lipinski definition) is 5. The average Bonchev–Trinajstić information content (AvgIpc) is 2.73. The van der Waals surface area contributed by atoms with Crippen LogP contribution in [0.15, 0.2) is 66.9 Å². The Balaban J connectivity index is 2.01. The summed E-state index contributed by atoms with van der Waals surface area (Å²) in [4.78, 5) is 0. The maximum absolute atomic E-state index is 13.7. The normalized spacial score (nSPS) is 15.5. The van der Waals surface area contributed by atoms with E-state index >= 15 is 0 Å². The van der Waals surface area contributed by atoms with Crippen LogP contribution in [0.2, 0.25) is 0 Å². The lowest BCUT2D eigenvalue weighted by atomic mass is 9.95. The van der Waals surface area contributed by atoms with Crippen molar-refractivity contribution in [1.82, 2.24) is 10.8 Å². The predicted octanol–water partition coefficient (Wildman–Crippen LogP) is 4.31. The van der Waals surface area contributed by atoms with E-state index in [9.17, 15) is 9.50 Å². The third kappa shape index (κ3) is 6.27. The van der Waals surface area contributed by atoms with E-state index in [1.165, 1.54) is 29.5 Å². The summed E-state index contributed by atoms with van der Waals surface area (Å²) in [6.07, 6.45) is 3.77. The van der Waals surface area contributed by atoms with Crippen LogP contribution in [0.1, 0.15) is 12.5 Å². The number of nitrogens with one attached hydrogen (secondary N) is 2. The van der Waals surface area contributed by atoms with Crippen LogP contribution < -0.4 is 15.5 Å². The van der Waals surface area contributed by atoms with E-state index < -0.39 is 15.8 Å². The highest BCUT2D eigenvalue weighted by atomic mass is 127. The average molecular weight is 512 g/mol. The van der Waals surface area contributed by atoms with Crippen LogP contribution in [0.25, 0.3) is 17.2 Å². The summed E-state index contributed by atoms with van der Waals surface area (Å²) in [7, 11) is 1.64. The maximum Gasteiger partial charge on any atom is 0.181 e. The van der Waals surface area contributed by atoms with E-state index in [0.717, 1.165) is 22.4 Å². The van der Waals surface area contributed by atoms with E-state index in [4.69, 9.17) is 9.94 Å². The van der Waals surface area contributed by atoms with E-state index in [1.807, 2.05) is 66.2 Å². The molecule has 29 heavy (non-hydrogen) atoms. The van der Waals surface area contributed by atoms with Crippen LogP contribution in [0.4, 0.5) is 4.39 Å². The second-order valence-electron chi connectivity index (χ2n) is 6.76. The van der Waals surface area contributed by atoms with Crippen LogP contribution in [0.3, 0.4) is 0 Å². The highest BCUT2D eigenvalue weighted by molar-refractivity contribution is 14.1. The van der Waals surface area contributed by atoms with Crippen molar-refractivity contribution in [2.75, 3.05) is 13.7 Å². The number of aliphatic hydroxyl groups is 1. The van der Waals surface area contributed by atoms with Crippen LogP contribution >= 0.6 is 22.6 Å². The number of rotatable bonds is 10. The Morgan fingerprint density at radius 3 is 2.55 bits per heavy atom. The van der Waals surface area contributed by atoms with E-state index in [2.05, 4.69) is 11.9 Å². The van der Waals surface area contributed by atoms with Gasteiger partial charge < -0.3 is 15.2 Å². The van der Waals surface area contributed by atoms with Crippen LogP contribution in [-0.2, 0) is 0 Å². The summed E-state index contributed by atoms with van der Waals surface area (Å²) in [5.41, 5.74) is 3.40.